The molecule has 7 heteroatoms. The van der Waals surface area contributed by atoms with Gasteiger partial charge in [0.05, 0.1) is 13.0 Å². The van der Waals surface area contributed by atoms with Crippen LogP contribution in [0.4, 0.5) is 5.69 Å². The van der Waals surface area contributed by atoms with Gasteiger partial charge in [-0.25, -0.2) is 0 Å². The van der Waals surface area contributed by atoms with Gasteiger partial charge in [-0.05, 0) is 81.1 Å². The quantitative estimate of drug-likeness (QED) is 0.379. The van der Waals surface area contributed by atoms with Crippen LogP contribution in [0.2, 0.25) is 0 Å². The Morgan fingerprint density at radius 2 is 1.40 bits per heavy atom. The Labute approximate surface area is 206 Å². The van der Waals surface area contributed by atoms with Gasteiger partial charge >= 0.3 is 5.97 Å². The third-order valence-electron chi connectivity index (χ3n) is 5.44. The second-order valence-corrected chi connectivity index (χ2v) is 8.70. The van der Waals surface area contributed by atoms with E-state index < -0.39 is 5.97 Å². The summed E-state index contributed by atoms with van der Waals surface area (Å²) in [4.78, 5) is 27.4. The number of rotatable bonds is 13. The number of carboxylic acids is 1. The summed E-state index contributed by atoms with van der Waals surface area (Å²) in [6, 6.07) is 24.6. The van der Waals surface area contributed by atoms with E-state index >= 15 is 0 Å². The van der Waals surface area contributed by atoms with Gasteiger partial charge in [-0.2, -0.15) is 0 Å². The van der Waals surface area contributed by atoms with Gasteiger partial charge in [0, 0.05) is 12.2 Å². The highest BCUT2D eigenvalue weighted by atomic mass is 16.5. The first-order valence-corrected chi connectivity index (χ1v) is 11.7. The third-order valence-corrected chi connectivity index (χ3v) is 5.44. The van der Waals surface area contributed by atoms with Crippen molar-refractivity contribution in [1.82, 2.24) is 9.80 Å². The van der Waals surface area contributed by atoms with Crippen molar-refractivity contribution in [3.63, 3.8) is 0 Å². The van der Waals surface area contributed by atoms with Crippen LogP contribution in [0.3, 0.4) is 0 Å². The Kier molecular flexibility index (Phi) is 9.83. The highest BCUT2D eigenvalue weighted by Gasteiger charge is 2.09. The number of hydrogen-bond donors (Lipinski definition) is 2. The molecule has 3 rings (SSSR count). The molecule has 1 amide bonds. The van der Waals surface area contributed by atoms with Crippen molar-refractivity contribution in [1.29, 1.82) is 0 Å². The molecule has 35 heavy (non-hydrogen) atoms. The zero-order valence-electron chi connectivity index (χ0n) is 20.3. The van der Waals surface area contributed by atoms with Crippen LogP contribution in [-0.4, -0.2) is 60.5 Å². The van der Waals surface area contributed by atoms with Crippen LogP contribution in [0.25, 0.3) is 0 Å². The molecule has 0 heterocycles. The normalized spacial score (nSPS) is 11.0. The minimum absolute atomic E-state index is 0.0456. The molecule has 3 aromatic carbocycles. The van der Waals surface area contributed by atoms with Crippen molar-refractivity contribution in [2.75, 3.05) is 39.0 Å². The summed E-state index contributed by atoms with van der Waals surface area (Å²) in [6.45, 7) is 2.81. The molecule has 184 valence electrons. The SMILES string of the molecule is CN(CCCN(C)Cc1ccc(CC(=O)O)cc1)CC(=O)Nc1ccc(Oc2ccccc2)cc1. The lowest BCUT2D eigenvalue weighted by Crippen LogP contribution is -2.32. The molecule has 7 nitrogen and oxygen atoms in total. The number of nitrogens with zero attached hydrogens (tertiary/aromatic N) is 2. The average Bonchev–Trinajstić information content (AvgIpc) is 2.82. The van der Waals surface area contributed by atoms with Crippen molar-refractivity contribution in [2.24, 2.45) is 0 Å². The molecular formula is C28H33N3O4. The van der Waals surface area contributed by atoms with E-state index in [1.807, 2.05) is 90.8 Å². The van der Waals surface area contributed by atoms with E-state index in [-0.39, 0.29) is 12.3 Å². The number of anilines is 1. The lowest BCUT2D eigenvalue weighted by Gasteiger charge is -2.20. The summed E-state index contributed by atoms with van der Waals surface area (Å²) >= 11 is 0. The van der Waals surface area contributed by atoms with Crippen LogP contribution < -0.4 is 10.1 Å². The first kappa shape index (κ1) is 25.9. The van der Waals surface area contributed by atoms with Gasteiger partial charge in [0.25, 0.3) is 0 Å². The molecule has 0 unspecified atom stereocenters. The van der Waals surface area contributed by atoms with Gasteiger partial charge in [0.1, 0.15) is 11.5 Å². The molecule has 0 aromatic heterocycles. The molecule has 0 atom stereocenters. The Morgan fingerprint density at radius 3 is 2.06 bits per heavy atom. The number of likely N-dealkylation sites (N-methyl/N-ethyl adjacent to an activating group) is 1. The molecule has 0 radical (unpaired) electrons. The number of nitrogens with one attached hydrogen (secondary N) is 1. The molecule has 0 saturated carbocycles. The predicted octanol–water partition coefficient (Wildman–Crippen LogP) is 4.50. The first-order valence-electron chi connectivity index (χ1n) is 11.7. The van der Waals surface area contributed by atoms with Crippen molar-refractivity contribution >= 4 is 17.6 Å². The summed E-state index contributed by atoms with van der Waals surface area (Å²) in [6.07, 6.45) is 0.979. The van der Waals surface area contributed by atoms with Crippen molar-refractivity contribution in [3.8, 4) is 11.5 Å². The van der Waals surface area contributed by atoms with Crippen molar-refractivity contribution in [3.05, 3.63) is 90.0 Å². The fraction of sp³-hybridized carbons (Fsp3) is 0.286. The van der Waals surface area contributed by atoms with E-state index in [2.05, 4.69) is 17.3 Å². The number of benzene rings is 3. The number of carbonyl (C=O) groups is 2. The van der Waals surface area contributed by atoms with Gasteiger partial charge in [0.15, 0.2) is 0 Å². The van der Waals surface area contributed by atoms with Crippen LogP contribution in [0.15, 0.2) is 78.9 Å². The van der Waals surface area contributed by atoms with E-state index in [0.717, 1.165) is 48.6 Å². The molecule has 3 aromatic rings. The predicted molar refractivity (Wildman–Crippen MR) is 138 cm³/mol. The van der Waals surface area contributed by atoms with Gasteiger partial charge in [0.2, 0.25) is 5.91 Å². The molecule has 0 aliphatic rings. The first-order chi connectivity index (χ1) is 16.9. The Hall–Kier alpha value is -3.68. The molecule has 0 saturated heterocycles. The van der Waals surface area contributed by atoms with Crippen LogP contribution in [-0.2, 0) is 22.6 Å². The standard InChI is InChI=1S/C28H33N3O4/c1-30(20-23-11-9-22(10-12-23)19-28(33)34)17-6-18-31(2)21-27(32)29-24-13-15-26(16-14-24)35-25-7-4-3-5-8-25/h3-5,7-16H,6,17-21H2,1-2H3,(H,29,32)(H,33,34). The Bertz CT molecular complexity index is 1070. The van der Waals surface area contributed by atoms with E-state index in [1.54, 1.807) is 0 Å². The fourth-order valence-corrected chi connectivity index (χ4v) is 3.69. The Balaban J connectivity index is 1.33. The topological polar surface area (TPSA) is 82.1 Å². The number of amides is 1. The second-order valence-electron chi connectivity index (χ2n) is 8.70. The molecule has 0 fully saturated rings. The fourth-order valence-electron chi connectivity index (χ4n) is 3.69. The zero-order chi connectivity index (χ0) is 25.0. The van der Waals surface area contributed by atoms with E-state index in [1.165, 1.54) is 0 Å². The monoisotopic (exact) mass is 475 g/mol. The maximum Gasteiger partial charge on any atom is 0.307 e. The number of hydrogen-bond acceptors (Lipinski definition) is 5. The second kappa shape index (κ2) is 13.3. The maximum absolute atomic E-state index is 12.4. The van der Waals surface area contributed by atoms with Crippen molar-refractivity contribution < 1.29 is 19.4 Å². The van der Waals surface area contributed by atoms with Crippen molar-refractivity contribution in [2.45, 2.75) is 19.4 Å². The lowest BCUT2D eigenvalue weighted by atomic mass is 10.1. The van der Waals surface area contributed by atoms with Crippen LogP contribution in [0, 0.1) is 0 Å². The summed E-state index contributed by atoms with van der Waals surface area (Å²) < 4.78 is 5.78. The van der Waals surface area contributed by atoms with E-state index in [9.17, 15) is 9.59 Å². The molecule has 0 aliphatic carbocycles. The third kappa shape index (κ3) is 9.60. The van der Waals surface area contributed by atoms with Gasteiger partial charge in [-0.3, -0.25) is 14.5 Å². The number of carbonyl (C=O) groups excluding carboxylic acids is 1. The highest BCUT2D eigenvalue weighted by molar-refractivity contribution is 5.92. The minimum atomic E-state index is -0.820. The minimum Gasteiger partial charge on any atom is -0.481 e. The lowest BCUT2D eigenvalue weighted by molar-refractivity contribution is -0.136. The molecule has 0 bridgehead atoms. The van der Waals surface area contributed by atoms with Crippen LogP contribution in [0.1, 0.15) is 17.5 Å². The number of ether oxygens (including phenoxy) is 1. The highest BCUT2D eigenvalue weighted by Crippen LogP contribution is 2.22. The number of para-hydroxylation sites is 1. The van der Waals surface area contributed by atoms with Gasteiger partial charge < -0.3 is 20.1 Å². The average molecular weight is 476 g/mol. The molecular weight excluding hydrogens is 442 g/mol. The van der Waals surface area contributed by atoms with Crippen LogP contribution in [0.5, 0.6) is 11.5 Å². The molecule has 2 N–H and O–H groups in total. The summed E-state index contributed by atoms with van der Waals surface area (Å²) in [5.41, 5.74) is 2.69. The molecule has 0 spiro atoms. The largest absolute Gasteiger partial charge is 0.481 e. The summed E-state index contributed by atoms with van der Waals surface area (Å²) in [7, 11) is 4.00. The Morgan fingerprint density at radius 1 is 0.800 bits per heavy atom. The number of carboxylic acid groups (broad SMARTS) is 1. The number of aliphatic carboxylic acids is 1. The van der Waals surface area contributed by atoms with E-state index in [4.69, 9.17) is 9.84 Å². The summed E-state index contributed by atoms with van der Waals surface area (Å²) in [5.74, 6) is 0.606. The van der Waals surface area contributed by atoms with E-state index in [0.29, 0.717) is 12.3 Å². The smallest absolute Gasteiger partial charge is 0.307 e. The van der Waals surface area contributed by atoms with Gasteiger partial charge in [-0.15, -0.1) is 0 Å². The maximum atomic E-state index is 12.4. The summed E-state index contributed by atoms with van der Waals surface area (Å²) in [5, 5.41) is 11.8. The van der Waals surface area contributed by atoms with Gasteiger partial charge in [-0.1, -0.05) is 42.5 Å². The van der Waals surface area contributed by atoms with Crippen LogP contribution >= 0.6 is 0 Å². The zero-order valence-corrected chi connectivity index (χ0v) is 20.3. The molecule has 0 aliphatic heterocycles.